The maximum Gasteiger partial charge on any atom is 0.387 e. The summed E-state index contributed by atoms with van der Waals surface area (Å²) in [5, 5.41) is 2.29. The van der Waals surface area contributed by atoms with E-state index in [0.717, 1.165) is 5.56 Å². The molecule has 6 heteroatoms. The van der Waals surface area contributed by atoms with Crippen LogP contribution in [0.25, 0.3) is 0 Å². The molecule has 114 valence electrons. The summed E-state index contributed by atoms with van der Waals surface area (Å²) in [7, 11) is 0. The molecule has 0 atom stereocenters. The van der Waals surface area contributed by atoms with E-state index in [-0.39, 0.29) is 23.0 Å². The number of carbonyl (C=O) groups excluding carboxylic acids is 2. The largest absolute Gasteiger partial charge is 0.435 e. The Kier molecular flexibility index (Phi) is 4.55. The van der Waals surface area contributed by atoms with E-state index in [0.29, 0.717) is 25.7 Å². The van der Waals surface area contributed by atoms with Gasteiger partial charge in [0.2, 0.25) is 11.8 Å². The molecule has 1 aromatic rings. The normalized spacial score (nSPS) is 17.7. The standard InChI is InChI=1S/C15H17F2NO3/c1-15(8-12(19)18-13(20)9-15)7-6-10-2-4-11(5-3-10)21-14(16)17/h2-5,14H,6-9H2,1H3,(H,18,19,20). The minimum atomic E-state index is -2.83. The fourth-order valence-corrected chi connectivity index (χ4v) is 2.54. The van der Waals surface area contributed by atoms with Gasteiger partial charge in [-0.15, -0.1) is 0 Å². The van der Waals surface area contributed by atoms with Crippen LogP contribution in [0.5, 0.6) is 5.75 Å². The van der Waals surface area contributed by atoms with Crippen LogP contribution < -0.4 is 10.1 Å². The number of alkyl halides is 2. The second kappa shape index (κ2) is 6.20. The molecule has 2 rings (SSSR count). The highest BCUT2D eigenvalue weighted by Crippen LogP contribution is 2.34. The third-order valence-electron chi connectivity index (χ3n) is 3.62. The number of rotatable bonds is 5. The number of amides is 2. The van der Waals surface area contributed by atoms with Gasteiger partial charge in [0.15, 0.2) is 0 Å². The minimum Gasteiger partial charge on any atom is -0.435 e. The predicted molar refractivity (Wildman–Crippen MR) is 71.9 cm³/mol. The van der Waals surface area contributed by atoms with Gasteiger partial charge in [0, 0.05) is 12.8 Å². The van der Waals surface area contributed by atoms with Crippen molar-refractivity contribution < 1.29 is 23.1 Å². The summed E-state index contributed by atoms with van der Waals surface area (Å²) in [6, 6.07) is 6.41. The molecule has 0 spiro atoms. The molecule has 1 aliphatic rings. The number of piperidine rings is 1. The van der Waals surface area contributed by atoms with Crippen LogP contribution in [0, 0.1) is 5.41 Å². The van der Waals surface area contributed by atoms with Crippen LogP contribution in [-0.4, -0.2) is 18.4 Å². The second-order valence-electron chi connectivity index (χ2n) is 5.66. The lowest BCUT2D eigenvalue weighted by Crippen LogP contribution is -2.43. The van der Waals surface area contributed by atoms with Crippen LogP contribution >= 0.6 is 0 Å². The monoisotopic (exact) mass is 297 g/mol. The molecule has 4 nitrogen and oxygen atoms in total. The van der Waals surface area contributed by atoms with E-state index in [2.05, 4.69) is 10.1 Å². The number of ether oxygens (including phenoxy) is 1. The zero-order chi connectivity index (χ0) is 15.5. The predicted octanol–water partition coefficient (Wildman–Crippen LogP) is 2.66. The highest BCUT2D eigenvalue weighted by molar-refractivity contribution is 5.98. The van der Waals surface area contributed by atoms with Crippen molar-refractivity contribution in [3.63, 3.8) is 0 Å². The van der Waals surface area contributed by atoms with Crippen LogP contribution in [-0.2, 0) is 16.0 Å². The Morgan fingerprint density at radius 2 is 1.76 bits per heavy atom. The van der Waals surface area contributed by atoms with Crippen LogP contribution in [0.3, 0.4) is 0 Å². The number of hydrogen-bond acceptors (Lipinski definition) is 3. The lowest BCUT2D eigenvalue weighted by atomic mass is 9.76. The maximum absolute atomic E-state index is 12.0. The molecule has 2 amide bonds. The van der Waals surface area contributed by atoms with Gasteiger partial charge in [-0.3, -0.25) is 14.9 Å². The third kappa shape index (κ3) is 4.51. The van der Waals surface area contributed by atoms with Gasteiger partial charge < -0.3 is 4.74 Å². The van der Waals surface area contributed by atoms with Gasteiger partial charge in [-0.25, -0.2) is 0 Å². The highest BCUT2D eigenvalue weighted by Gasteiger charge is 2.35. The fourth-order valence-electron chi connectivity index (χ4n) is 2.54. The van der Waals surface area contributed by atoms with Crippen molar-refractivity contribution in [1.82, 2.24) is 5.32 Å². The average Bonchev–Trinajstić information content (AvgIpc) is 2.35. The molecule has 0 bridgehead atoms. The maximum atomic E-state index is 12.0. The van der Waals surface area contributed by atoms with E-state index in [1.54, 1.807) is 12.1 Å². The summed E-state index contributed by atoms with van der Waals surface area (Å²) in [4.78, 5) is 22.9. The molecule has 1 aliphatic heterocycles. The number of imide groups is 1. The first-order valence-electron chi connectivity index (χ1n) is 6.73. The second-order valence-corrected chi connectivity index (χ2v) is 5.66. The van der Waals surface area contributed by atoms with Gasteiger partial charge in [-0.2, -0.15) is 8.78 Å². The molecule has 0 radical (unpaired) electrons. The Labute approximate surface area is 121 Å². The molecule has 1 aromatic carbocycles. The molecule has 0 aromatic heterocycles. The number of hydrogen-bond donors (Lipinski definition) is 1. The van der Waals surface area contributed by atoms with Crippen molar-refractivity contribution in [3.8, 4) is 5.75 Å². The third-order valence-corrected chi connectivity index (χ3v) is 3.62. The molecule has 1 fully saturated rings. The van der Waals surface area contributed by atoms with Crippen LogP contribution in [0.4, 0.5) is 8.78 Å². The topological polar surface area (TPSA) is 55.4 Å². The van der Waals surface area contributed by atoms with Crippen molar-refractivity contribution in [3.05, 3.63) is 29.8 Å². The zero-order valence-electron chi connectivity index (χ0n) is 11.7. The van der Waals surface area contributed by atoms with E-state index in [1.807, 2.05) is 6.92 Å². The molecule has 0 aliphatic carbocycles. The van der Waals surface area contributed by atoms with Crippen LogP contribution in [0.15, 0.2) is 24.3 Å². The molecule has 0 saturated carbocycles. The fraction of sp³-hybridized carbons (Fsp3) is 0.467. The Bertz CT molecular complexity index is 512. The summed E-state index contributed by atoms with van der Waals surface area (Å²) in [6.45, 7) is -0.917. The van der Waals surface area contributed by atoms with E-state index in [4.69, 9.17) is 0 Å². The molecule has 1 heterocycles. The Morgan fingerprint density at radius 3 is 2.29 bits per heavy atom. The van der Waals surface area contributed by atoms with Gasteiger partial charge in [0.25, 0.3) is 0 Å². The Balaban J connectivity index is 1.93. The zero-order valence-corrected chi connectivity index (χ0v) is 11.7. The van der Waals surface area contributed by atoms with Crippen molar-refractivity contribution in [2.24, 2.45) is 5.41 Å². The number of aryl methyl sites for hydroxylation is 1. The number of halogens is 2. The van der Waals surface area contributed by atoms with Crippen LogP contribution in [0.2, 0.25) is 0 Å². The number of nitrogens with one attached hydrogen (secondary N) is 1. The summed E-state index contributed by atoms with van der Waals surface area (Å²) in [5.41, 5.74) is 0.605. The quantitative estimate of drug-likeness (QED) is 0.850. The Hall–Kier alpha value is -1.98. The van der Waals surface area contributed by atoms with Crippen LogP contribution in [0.1, 0.15) is 31.7 Å². The Morgan fingerprint density at radius 1 is 1.19 bits per heavy atom. The SMILES string of the molecule is CC1(CCc2ccc(OC(F)F)cc2)CC(=O)NC(=O)C1. The van der Waals surface area contributed by atoms with Crippen molar-refractivity contribution in [2.45, 2.75) is 39.2 Å². The van der Waals surface area contributed by atoms with Gasteiger partial charge in [0.05, 0.1) is 0 Å². The average molecular weight is 297 g/mol. The van der Waals surface area contributed by atoms with Crippen molar-refractivity contribution >= 4 is 11.8 Å². The summed E-state index contributed by atoms with van der Waals surface area (Å²) in [6.07, 6.45) is 2.00. The molecule has 1 saturated heterocycles. The first kappa shape index (κ1) is 15.4. The lowest BCUT2D eigenvalue weighted by molar-refractivity contribution is -0.137. The first-order valence-corrected chi connectivity index (χ1v) is 6.73. The first-order chi connectivity index (χ1) is 9.86. The van der Waals surface area contributed by atoms with E-state index < -0.39 is 6.61 Å². The molecular formula is C15H17F2NO3. The van der Waals surface area contributed by atoms with Crippen molar-refractivity contribution in [1.29, 1.82) is 0 Å². The van der Waals surface area contributed by atoms with E-state index in [9.17, 15) is 18.4 Å². The minimum absolute atomic E-state index is 0.118. The summed E-state index contributed by atoms with van der Waals surface area (Å²) < 4.78 is 28.4. The molecule has 1 N–H and O–H groups in total. The van der Waals surface area contributed by atoms with E-state index in [1.165, 1.54) is 12.1 Å². The molecule has 21 heavy (non-hydrogen) atoms. The van der Waals surface area contributed by atoms with Gasteiger partial charge in [-0.1, -0.05) is 19.1 Å². The summed E-state index contributed by atoms with van der Waals surface area (Å²) >= 11 is 0. The van der Waals surface area contributed by atoms with Gasteiger partial charge in [-0.05, 0) is 36.0 Å². The lowest BCUT2D eigenvalue weighted by Gasteiger charge is -2.32. The van der Waals surface area contributed by atoms with Gasteiger partial charge in [0.1, 0.15) is 5.75 Å². The smallest absolute Gasteiger partial charge is 0.387 e. The van der Waals surface area contributed by atoms with E-state index >= 15 is 0 Å². The van der Waals surface area contributed by atoms with Crippen molar-refractivity contribution in [2.75, 3.05) is 0 Å². The number of benzene rings is 1. The molecular weight excluding hydrogens is 280 g/mol. The summed E-state index contributed by atoms with van der Waals surface area (Å²) in [5.74, 6) is -0.365. The van der Waals surface area contributed by atoms with Gasteiger partial charge >= 0.3 is 6.61 Å². The highest BCUT2D eigenvalue weighted by atomic mass is 19.3. The number of carbonyl (C=O) groups is 2. The molecule has 0 unspecified atom stereocenters.